The van der Waals surface area contributed by atoms with Crippen LogP contribution in [0.4, 0.5) is 0 Å². The van der Waals surface area contributed by atoms with Crippen LogP contribution in [0.5, 0.6) is 0 Å². The van der Waals surface area contributed by atoms with Crippen molar-refractivity contribution >= 4 is 39.5 Å². The van der Waals surface area contributed by atoms with Crippen molar-refractivity contribution in [2.75, 3.05) is 39.6 Å². The Labute approximate surface area is 600 Å². The lowest BCUT2D eigenvalue weighted by Gasteiger charge is -2.21. The summed E-state index contributed by atoms with van der Waals surface area (Å²) in [6, 6.07) is 0. The molecule has 0 fully saturated rings. The minimum absolute atomic E-state index is 0.107. The largest absolute Gasteiger partial charge is 0.472 e. The number of phosphoric acid groups is 2. The van der Waals surface area contributed by atoms with E-state index in [9.17, 15) is 43.2 Å². The van der Waals surface area contributed by atoms with E-state index in [1.165, 1.54) is 218 Å². The number of ether oxygens (including phenoxy) is 4. The van der Waals surface area contributed by atoms with Crippen LogP contribution in [0.3, 0.4) is 0 Å². The number of aliphatic hydroxyl groups is 1. The summed E-state index contributed by atoms with van der Waals surface area (Å²) in [6.07, 6.45) is 56.8. The minimum Gasteiger partial charge on any atom is -0.462 e. The fraction of sp³-hybridized carbons (Fsp3) is 0.949. The maximum Gasteiger partial charge on any atom is 0.472 e. The quantitative estimate of drug-likeness (QED) is 0.0222. The Morgan fingerprint density at radius 2 is 0.469 bits per heavy atom. The predicted molar refractivity (Wildman–Crippen MR) is 400 cm³/mol. The van der Waals surface area contributed by atoms with Crippen molar-refractivity contribution < 1.29 is 80.2 Å². The van der Waals surface area contributed by atoms with Gasteiger partial charge in [-0.2, -0.15) is 0 Å². The van der Waals surface area contributed by atoms with Gasteiger partial charge in [0.1, 0.15) is 19.3 Å². The zero-order chi connectivity index (χ0) is 72.3. The van der Waals surface area contributed by atoms with E-state index in [4.69, 9.17) is 37.0 Å². The first-order chi connectivity index (χ1) is 47.2. The number of carbonyl (C=O) groups is 4. The number of rotatable bonds is 77. The first-order valence-corrected chi connectivity index (χ1v) is 43.8. The molecule has 582 valence electrons. The first kappa shape index (κ1) is 96.1. The van der Waals surface area contributed by atoms with Crippen LogP contribution in [-0.2, 0) is 65.4 Å². The number of unbranched alkanes of at least 4 members (excludes halogenated alkanes) is 45. The predicted octanol–water partition coefficient (Wildman–Crippen LogP) is 23.4. The Bertz CT molecular complexity index is 1900. The molecule has 0 aliphatic heterocycles. The zero-order valence-electron chi connectivity index (χ0n) is 64.3. The number of phosphoric ester groups is 2. The molecule has 5 atom stereocenters. The fourth-order valence-corrected chi connectivity index (χ4v) is 13.7. The highest BCUT2D eigenvalue weighted by molar-refractivity contribution is 7.47. The zero-order valence-corrected chi connectivity index (χ0v) is 66.0. The monoisotopic (exact) mass is 1440 g/mol. The van der Waals surface area contributed by atoms with E-state index in [0.29, 0.717) is 25.7 Å². The van der Waals surface area contributed by atoms with Gasteiger partial charge in [-0.05, 0) is 43.4 Å². The van der Waals surface area contributed by atoms with Crippen LogP contribution in [0, 0.1) is 17.8 Å². The van der Waals surface area contributed by atoms with E-state index >= 15 is 0 Å². The number of esters is 4. The van der Waals surface area contributed by atoms with Crippen LogP contribution in [0.2, 0.25) is 0 Å². The second-order valence-electron chi connectivity index (χ2n) is 29.9. The topological polar surface area (TPSA) is 237 Å². The molecular formula is C79H154O17P2. The molecular weight excluding hydrogens is 1280 g/mol. The molecule has 2 unspecified atom stereocenters. The number of carbonyl (C=O) groups excluding carboxylic acids is 4. The Hall–Kier alpha value is -1.94. The third kappa shape index (κ3) is 72.4. The highest BCUT2D eigenvalue weighted by Crippen LogP contribution is 2.45. The van der Waals surface area contributed by atoms with E-state index in [1.807, 2.05) is 0 Å². The van der Waals surface area contributed by atoms with E-state index in [2.05, 4.69) is 48.5 Å². The molecule has 0 spiro atoms. The van der Waals surface area contributed by atoms with Gasteiger partial charge in [-0.15, -0.1) is 0 Å². The van der Waals surface area contributed by atoms with Crippen LogP contribution in [-0.4, -0.2) is 96.7 Å². The Kier molecular flexibility index (Phi) is 68.1. The summed E-state index contributed by atoms with van der Waals surface area (Å²) >= 11 is 0. The molecule has 0 bridgehead atoms. The van der Waals surface area contributed by atoms with Crippen molar-refractivity contribution in [3.63, 3.8) is 0 Å². The van der Waals surface area contributed by atoms with Gasteiger partial charge in [-0.3, -0.25) is 37.3 Å². The van der Waals surface area contributed by atoms with Crippen molar-refractivity contribution in [1.29, 1.82) is 0 Å². The second-order valence-corrected chi connectivity index (χ2v) is 32.8. The maximum absolute atomic E-state index is 13.1. The molecule has 0 rings (SSSR count). The minimum atomic E-state index is -4.96. The molecule has 0 amide bonds. The standard InChI is InChI=1S/C79H154O17P2/c1-8-9-10-11-12-29-39-46-53-60-76(81)89-66-74(95-79(84)63-56-49-42-35-28-22-20-25-32-38-45-52-59-72(6)7)68-93-97(85,86)91-64-73(80)65-92-98(87,88)94-69-75(67-90-77(82)61-54-47-40-33-26-21-19-24-31-37-44-51-58-71(4)5)96-78(83)62-55-48-41-34-27-18-16-14-13-15-17-23-30-36-43-50-57-70(2)3/h70-75,80H,8-69H2,1-7H3,(H,85,86)(H,87,88)/t73-,74+,75+/m0/s1. The molecule has 19 heteroatoms. The molecule has 0 aromatic heterocycles. The Balaban J connectivity index is 5.23. The maximum atomic E-state index is 13.1. The molecule has 0 aromatic carbocycles. The molecule has 0 heterocycles. The average molecular weight is 1440 g/mol. The van der Waals surface area contributed by atoms with Gasteiger partial charge in [0.2, 0.25) is 0 Å². The number of hydrogen-bond acceptors (Lipinski definition) is 15. The number of aliphatic hydroxyl groups excluding tert-OH is 1. The smallest absolute Gasteiger partial charge is 0.462 e. The van der Waals surface area contributed by atoms with Crippen molar-refractivity contribution in [3.8, 4) is 0 Å². The molecule has 0 aliphatic rings. The van der Waals surface area contributed by atoms with Crippen molar-refractivity contribution in [1.82, 2.24) is 0 Å². The summed E-state index contributed by atoms with van der Waals surface area (Å²) < 4.78 is 68.6. The summed E-state index contributed by atoms with van der Waals surface area (Å²) in [5.74, 6) is 0.254. The van der Waals surface area contributed by atoms with Gasteiger partial charge < -0.3 is 33.8 Å². The summed E-state index contributed by atoms with van der Waals surface area (Å²) in [5, 5.41) is 10.6. The van der Waals surface area contributed by atoms with Crippen molar-refractivity contribution in [2.24, 2.45) is 17.8 Å². The van der Waals surface area contributed by atoms with Crippen molar-refractivity contribution in [3.05, 3.63) is 0 Å². The van der Waals surface area contributed by atoms with Crippen LogP contribution >= 0.6 is 15.6 Å². The van der Waals surface area contributed by atoms with Crippen molar-refractivity contribution in [2.45, 2.75) is 426 Å². The second kappa shape index (κ2) is 69.4. The molecule has 98 heavy (non-hydrogen) atoms. The van der Waals surface area contributed by atoms with E-state index in [0.717, 1.165) is 108 Å². The molecule has 3 N–H and O–H groups in total. The van der Waals surface area contributed by atoms with Gasteiger partial charge in [0, 0.05) is 25.7 Å². The lowest BCUT2D eigenvalue weighted by Crippen LogP contribution is -2.30. The van der Waals surface area contributed by atoms with E-state index in [1.54, 1.807) is 0 Å². The van der Waals surface area contributed by atoms with Gasteiger partial charge in [0.05, 0.1) is 26.4 Å². The summed E-state index contributed by atoms with van der Waals surface area (Å²) in [4.78, 5) is 72.9. The molecule has 0 aliphatic carbocycles. The molecule has 0 saturated heterocycles. The fourth-order valence-electron chi connectivity index (χ4n) is 12.1. The van der Waals surface area contributed by atoms with Gasteiger partial charge in [0.25, 0.3) is 0 Å². The van der Waals surface area contributed by atoms with Gasteiger partial charge in [-0.25, -0.2) is 9.13 Å². The van der Waals surface area contributed by atoms with E-state index in [-0.39, 0.29) is 25.7 Å². The average Bonchev–Trinajstić information content (AvgIpc) is 1.20. The van der Waals surface area contributed by atoms with E-state index < -0.39 is 97.5 Å². The lowest BCUT2D eigenvalue weighted by molar-refractivity contribution is -0.161. The molecule has 0 saturated carbocycles. The lowest BCUT2D eigenvalue weighted by atomic mass is 10.0. The molecule has 0 aromatic rings. The highest BCUT2D eigenvalue weighted by atomic mass is 31.2. The van der Waals surface area contributed by atoms with Crippen LogP contribution in [0.15, 0.2) is 0 Å². The Morgan fingerprint density at radius 1 is 0.276 bits per heavy atom. The normalized spacial score (nSPS) is 14.0. The third-order valence-corrected chi connectivity index (χ3v) is 20.3. The summed E-state index contributed by atoms with van der Waals surface area (Å²) in [5.41, 5.74) is 0. The number of hydrogen-bond donors (Lipinski definition) is 3. The third-order valence-electron chi connectivity index (χ3n) is 18.4. The highest BCUT2D eigenvalue weighted by Gasteiger charge is 2.30. The molecule has 17 nitrogen and oxygen atoms in total. The first-order valence-electron chi connectivity index (χ1n) is 40.8. The summed E-state index contributed by atoms with van der Waals surface area (Å²) in [7, 11) is -9.92. The van der Waals surface area contributed by atoms with Gasteiger partial charge >= 0.3 is 39.5 Å². The van der Waals surface area contributed by atoms with Crippen LogP contribution < -0.4 is 0 Å². The SMILES string of the molecule is CCCCCCCCCCCC(=O)OC[C@H](COP(=O)(O)OC[C@H](O)COP(=O)(O)OC[C@@H](COC(=O)CCCCCCCCCCCCCCC(C)C)OC(=O)CCCCCCCCCCCCCCCCCCC(C)C)OC(=O)CCCCCCCCCCCCCCC(C)C. The van der Waals surface area contributed by atoms with Gasteiger partial charge in [0.15, 0.2) is 12.2 Å². The molecule has 0 radical (unpaired) electrons. The summed E-state index contributed by atoms with van der Waals surface area (Å²) in [6.45, 7) is 12.0. The van der Waals surface area contributed by atoms with Crippen LogP contribution in [0.1, 0.15) is 408 Å². The van der Waals surface area contributed by atoms with Crippen LogP contribution in [0.25, 0.3) is 0 Å². The van der Waals surface area contributed by atoms with Gasteiger partial charge in [-0.1, -0.05) is 357 Å². The Morgan fingerprint density at radius 3 is 0.694 bits per heavy atom.